The molecule has 2 heterocycles. The molecular weight excluding hydrogens is 356 g/mol. The normalized spacial score (nSPS) is 14.6. The molecule has 0 N–H and O–H groups in total. The third-order valence-corrected chi connectivity index (χ3v) is 4.96. The summed E-state index contributed by atoms with van der Waals surface area (Å²) in [5.74, 6) is -0.344. The largest absolute Gasteiger partial charge is 0.452 e. The number of amides is 1. The SMILES string of the molecule is O=C(OCC(=O)N1CCCCCC1)c1ccccc1-c1nc2ccccc2o1. The van der Waals surface area contributed by atoms with Crippen molar-refractivity contribution in [2.75, 3.05) is 19.7 Å². The van der Waals surface area contributed by atoms with Crippen LogP contribution in [0.4, 0.5) is 0 Å². The van der Waals surface area contributed by atoms with Crippen LogP contribution in [0.15, 0.2) is 52.9 Å². The number of nitrogens with zero attached hydrogens (tertiary/aromatic N) is 2. The number of carbonyl (C=O) groups excluding carboxylic acids is 2. The van der Waals surface area contributed by atoms with Gasteiger partial charge < -0.3 is 14.1 Å². The van der Waals surface area contributed by atoms with Crippen molar-refractivity contribution in [3.63, 3.8) is 0 Å². The second-order valence-electron chi connectivity index (χ2n) is 6.90. The molecular formula is C22H22N2O4. The van der Waals surface area contributed by atoms with E-state index in [1.54, 1.807) is 23.1 Å². The number of ether oxygens (including phenoxy) is 1. The summed E-state index contributed by atoms with van der Waals surface area (Å²) in [7, 11) is 0. The molecule has 6 nitrogen and oxygen atoms in total. The van der Waals surface area contributed by atoms with Crippen molar-refractivity contribution in [3.05, 3.63) is 54.1 Å². The Kier molecular flexibility index (Phi) is 5.37. The van der Waals surface area contributed by atoms with Crippen molar-refractivity contribution in [3.8, 4) is 11.5 Å². The molecule has 144 valence electrons. The predicted octanol–water partition coefficient (Wildman–Crippen LogP) is 4.05. The molecule has 0 saturated carbocycles. The molecule has 0 spiro atoms. The van der Waals surface area contributed by atoms with Crippen LogP contribution >= 0.6 is 0 Å². The Hall–Kier alpha value is -3.15. The molecule has 0 aliphatic carbocycles. The number of hydrogen-bond acceptors (Lipinski definition) is 5. The summed E-state index contributed by atoms with van der Waals surface area (Å²) in [6, 6.07) is 14.4. The van der Waals surface area contributed by atoms with E-state index in [4.69, 9.17) is 9.15 Å². The zero-order chi connectivity index (χ0) is 19.3. The lowest BCUT2D eigenvalue weighted by Crippen LogP contribution is -2.35. The van der Waals surface area contributed by atoms with Gasteiger partial charge in [0, 0.05) is 13.1 Å². The second kappa shape index (κ2) is 8.25. The maximum absolute atomic E-state index is 12.6. The van der Waals surface area contributed by atoms with Crippen LogP contribution in [0.2, 0.25) is 0 Å². The van der Waals surface area contributed by atoms with E-state index in [1.165, 1.54) is 0 Å². The third-order valence-electron chi connectivity index (χ3n) is 4.96. The highest BCUT2D eigenvalue weighted by Gasteiger charge is 2.21. The highest BCUT2D eigenvalue weighted by Crippen LogP contribution is 2.27. The maximum Gasteiger partial charge on any atom is 0.339 e. The smallest absolute Gasteiger partial charge is 0.339 e. The van der Waals surface area contributed by atoms with E-state index >= 15 is 0 Å². The molecule has 2 aromatic carbocycles. The van der Waals surface area contributed by atoms with Gasteiger partial charge >= 0.3 is 5.97 Å². The summed E-state index contributed by atoms with van der Waals surface area (Å²) >= 11 is 0. The second-order valence-corrected chi connectivity index (χ2v) is 6.90. The Balaban J connectivity index is 1.49. The Morgan fingerprint density at radius 3 is 2.46 bits per heavy atom. The molecule has 28 heavy (non-hydrogen) atoms. The van der Waals surface area contributed by atoms with E-state index in [2.05, 4.69) is 4.98 Å². The van der Waals surface area contributed by atoms with E-state index in [1.807, 2.05) is 30.3 Å². The van der Waals surface area contributed by atoms with Crippen molar-refractivity contribution in [2.24, 2.45) is 0 Å². The number of carbonyl (C=O) groups is 2. The molecule has 0 radical (unpaired) electrons. The van der Waals surface area contributed by atoms with Crippen LogP contribution in [-0.2, 0) is 9.53 Å². The molecule has 1 aromatic heterocycles. The van der Waals surface area contributed by atoms with E-state index in [9.17, 15) is 9.59 Å². The molecule has 1 aliphatic rings. The number of para-hydroxylation sites is 2. The minimum atomic E-state index is -0.555. The number of aromatic nitrogens is 1. The van der Waals surface area contributed by atoms with Crippen molar-refractivity contribution in [2.45, 2.75) is 25.7 Å². The molecule has 1 fully saturated rings. The fourth-order valence-electron chi connectivity index (χ4n) is 3.45. The molecule has 3 aromatic rings. The van der Waals surface area contributed by atoms with E-state index < -0.39 is 5.97 Å². The van der Waals surface area contributed by atoms with Crippen LogP contribution in [0.1, 0.15) is 36.0 Å². The molecule has 1 amide bonds. The summed E-state index contributed by atoms with van der Waals surface area (Å²) in [5.41, 5.74) is 2.25. The summed E-state index contributed by atoms with van der Waals surface area (Å²) < 4.78 is 11.1. The number of esters is 1. The van der Waals surface area contributed by atoms with Gasteiger partial charge in [-0.1, -0.05) is 37.1 Å². The number of benzene rings is 2. The van der Waals surface area contributed by atoms with Gasteiger partial charge in [0.05, 0.1) is 11.1 Å². The molecule has 4 rings (SSSR count). The van der Waals surface area contributed by atoms with Crippen LogP contribution in [-0.4, -0.2) is 41.5 Å². The lowest BCUT2D eigenvalue weighted by Gasteiger charge is -2.20. The molecule has 6 heteroatoms. The minimum absolute atomic E-state index is 0.144. The Bertz CT molecular complexity index is 954. The van der Waals surface area contributed by atoms with Gasteiger partial charge in [0.2, 0.25) is 5.89 Å². The summed E-state index contributed by atoms with van der Waals surface area (Å²) in [6.07, 6.45) is 4.28. The molecule has 0 bridgehead atoms. The number of hydrogen-bond donors (Lipinski definition) is 0. The summed E-state index contributed by atoms with van der Waals surface area (Å²) in [6.45, 7) is 1.21. The number of fused-ring (bicyclic) bond motifs is 1. The number of likely N-dealkylation sites (tertiary alicyclic amines) is 1. The van der Waals surface area contributed by atoms with Crippen molar-refractivity contribution < 1.29 is 18.7 Å². The van der Waals surface area contributed by atoms with Crippen LogP contribution in [0, 0.1) is 0 Å². The topological polar surface area (TPSA) is 72.6 Å². The van der Waals surface area contributed by atoms with Gasteiger partial charge in [-0.25, -0.2) is 9.78 Å². The first-order valence-electron chi connectivity index (χ1n) is 9.62. The number of oxazole rings is 1. The van der Waals surface area contributed by atoms with Crippen molar-refractivity contribution >= 4 is 23.0 Å². The zero-order valence-electron chi connectivity index (χ0n) is 15.6. The monoisotopic (exact) mass is 378 g/mol. The van der Waals surface area contributed by atoms with Crippen molar-refractivity contribution in [1.29, 1.82) is 0 Å². The van der Waals surface area contributed by atoms with E-state index in [0.29, 0.717) is 22.6 Å². The molecule has 0 unspecified atom stereocenters. The minimum Gasteiger partial charge on any atom is -0.452 e. The Morgan fingerprint density at radius 2 is 1.68 bits per heavy atom. The summed E-state index contributed by atoms with van der Waals surface area (Å²) in [4.78, 5) is 31.3. The lowest BCUT2D eigenvalue weighted by molar-refractivity contribution is -0.134. The average molecular weight is 378 g/mol. The predicted molar refractivity (Wildman–Crippen MR) is 105 cm³/mol. The van der Waals surface area contributed by atoms with Crippen molar-refractivity contribution in [1.82, 2.24) is 9.88 Å². The first-order valence-corrected chi connectivity index (χ1v) is 9.62. The van der Waals surface area contributed by atoms with E-state index in [-0.39, 0.29) is 12.5 Å². The number of rotatable bonds is 4. The Morgan fingerprint density at radius 1 is 0.964 bits per heavy atom. The molecule has 1 saturated heterocycles. The Labute approximate surface area is 163 Å². The third kappa shape index (κ3) is 3.91. The van der Waals surface area contributed by atoms with Crippen LogP contribution in [0.5, 0.6) is 0 Å². The zero-order valence-corrected chi connectivity index (χ0v) is 15.6. The maximum atomic E-state index is 12.6. The van der Waals surface area contributed by atoms with Gasteiger partial charge in [-0.15, -0.1) is 0 Å². The average Bonchev–Trinajstić information content (AvgIpc) is 2.97. The van der Waals surface area contributed by atoms with Gasteiger partial charge in [-0.3, -0.25) is 4.79 Å². The fourth-order valence-corrected chi connectivity index (χ4v) is 3.45. The lowest BCUT2D eigenvalue weighted by atomic mass is 10.1. The standard InChI is InChI=1S/C22H22N2O4/c25-20(24-13-7-1-2-8-14-24)15-27-22(26)17-10-4-3-9-16(17)21-23-18-11-5-6-12-19(18)28-21/h3-6,9-12H,1-2,7-8,13-15H2. The molecule has 1 aliphatic heterocycles. The summed E-state index contributed by atoms with van der Waals surface area (Å²) in [5, 5.41) is 0. The van der Waals surface area contributed by atoms with Gasteiger partial charge in [0.25, 0.3) is 5.91 Å². The highest BCUT2D eigenvalue weighted by atomic mass is 16.5. The first-order chi connectivity index (χ1) is 13.7. The van der Waals surface area contributed by atoms with Gasteiger partial charge in [0.1, 0.15) is 5.52 Å². The quantitative estimate of drug-likeness (QED) is 0.640. The highest BCUT2D eigenvalue weighted by molar-refractivity contribution is 5.97. The van der Waals surface area contributed by atoms with Crippen LogP contribution < -0.4 is 0 Å². The molecule has 0 atom stereocenters. The van der Waals surface area contributed by atoms with Gasteiger partial charge in [-0.05, 0) is 37.1 Å². The van der Waals surface area contributed by atoms with E-state index in [0.717, 1.165) is 44.3 Å². The van der Waals surface area contributed by atoms with Crippen LogP contribution in [0.25, 0.3) is 22.6 Å². The van der Waals surface area contributed by atoms with Crippen LogP contribution in [0.3, 0.4) is 0 Å². The fraction of sp³-hybridized carbons (Fsp3) is 0.318. The first kappa shape index (κ1) is 18.2. The van der Waals surface area contributed by atoms with Gasteiger partial charge in [0.15, 0.2) is 12.2 Å². The van der Waals surface area contributed by atoms with Gasteiger partial charge in [-0.2, -0.15) is 0 Å².